The minimum Gasteiger partial charge on any atom is -0.309 e. The summed E-state index contributed by atoms with van der Waals surface area (Å²) in [6, 6.07) is 24.1. The SMILES string of the molecule is CC1(C)C2=c3c(c4c5c6c(ccc5n(-c5ccc7c(c5)C5=C(C=CC8CC58)C5=C[C]57)c4cc3=CC=CC2)=CC2CC2CC=6)-c2ccccc21. The summed E-state index contributed by atoms with van der Waals surface area (Å²) in [5, 5.41) is 8.57. The fourth-order valence-corrected chi connectivity index (χ4v) is 10.9. The molecule has 0 spiro atoms. The van der Waals surface area contributed by atoms with E-state index in [1.807, 2.05) is 0 Å². The average molecular weight is 627 g/mol. The molecular weight excluding hydrogens is 591 g/mol. The van der Waals surface area contributed by atoms with Gasteiger partial charge in [0.05, 0.1) is 17.0 Å². The summed E-state index contributed by atoms with van der Waals surface area (Å²) >= 11 is 0. The summed E-state index contributed by atoms with van der Waals surface area (Å²) in [6.07, 6.45) is 24.4. The molecule has 4 unspecified atom stereocenters. The Morgan fingerprint density at radius 2 is 1.78 bits per heavy atom. The lowest BCUT2D eigenvalue weighted by molar-refractivity contribution is 0.670. The molecule has 8 aliphatic carbocycles. The first-order valence-electron chi connectivity index (χ1n) is 18.5. The number of fused-ring (bicyclic) bond motifs is 16. The molecule has 2 saturated carbocycles. The fraction of sp³-hybridized carbons (Fsp3) is 0.229. The predicted molar refractivity (Wildman–Crippen MR) is 203 cm³/mol. The molecule has 1 heteroatoms. The Balaban J connectivity index is 1.22. The van der Waals surface area contributed by atoms with Crippen LogP contribution in [0.4, 0.5) is 0 Å². The van der Waals surface area contributed by atoms with Gasteiger partial charge in [-0.25, -0.2) is 0 Å². The van der Waals surface area contributed by atoms with Crippen LogP contribution in [-0.4, -0.2) is 4.57 Å². The Morgan fingerprint density at radius 1 is 0.837 bits per heavy atom. The van der Waals surface area contributed by atoms with E-state index in [4.69, 9.17) is 0 Å². The number of hydrogen-bond donors (Lipinski definition) is 0. The van der Waals surface area contributed by atoms with Crippen LogP contribution in [0, 0.1) is 29.6 Å². The molecular formula is C48H36N. The molecule has 233 valence electrons. The van der Waals surface area contributed by atoms with Crippen molar-refractivity contribution in [3.63, 3.8) is 0 Å². The van der Waals surface area contributed by atoms with Crippen LogP contribution in [0.2, 0.25) is 0 Å². The smallest absolute Gasteiger partial charge is 0.0570 e. The van der Waals surface area contributed by atoms with E-state index >= 15 is 0 Å². The van der Waals surface area contributed by atoms with Crippen molar-refractivity contribution in [3.05, 3.63) is 146 Å². The zero-order chi connectivity index (χ0) is 31.9. The van der Waals surface area contributed by atoms with Gasteiger partial charge in [-0.1, -0.05) is 98.9 Å². The number of allylic oxidation sites excluding steroid dienone is 8. The van der Waals surface area contributed by atoms with Crippen LogP contribution in [-0.2, 0) is 5.41 Å². The molecule has 1 heterocycles. The van der Waals surface area contributed by atoms with Gasteiger partial charge >= 0.3 is 0 Å². The van der Waals surface area contributed by atoms with Gasteiger partial charge in [0.15, 0.2) is 0 Å². The molecule has 49 heavy (non-hydrogen) atoms. The normalized spacial score (nSPS) is 26.7. The van der Waals surface area contributed by atoms with E-state index < -0.39 is 0 Å². The minimum absolute atomic E-state index is 0.0442. The van der Waals surface area contributed by atoms with Gasteiger partial charge in [0.1, 0.15) is 0 Å². The lowest BCUT2D eigenvalue weighted by Crippen LogP contribution is -2.39. The summed E-state index contributed by atoms with van der Waals surface area (Å²) in [6.45, 7) is 4.89. The van der Waals surface area contributed by atoms with Crippen LogP contribution in [0.3, 0.4) is 0 Å². The zero-order valence-electron chi connectivity index (χ0n) is 28.0. The van der Waals surface area contributed by atoms with E-state index in [9.17, 15) is 0 Å². The predicted octanol–water partition coefficient (Wildman–Crippen LogP) is 8.07. The third kappa shape index (κ3) is 3.19. The summed E-state index contributed by atoms with van der Waals surface area (Å²) in [7, 11) is 0. The maximum Gasteiger partial charge on any atom is 0.0570 e. The highest BCUT2D eigenvalue weighted by atomic mass is 15.0. The monoisotopic (exact) mass is 626 g/mol. The zero-order valence-corrected chi connectivity index (χ0v) is 28.0. The van der Waals surface area contributed by atoms with E-state index in [2.05, 4.69) is 128 Å². The molecule has 0 amide bonds. The minimum atomic E-state index is -0.0442. The molecule has 1 aromatic heterocycles. The standard InChI is InChI=1S/C48H36N/c1-48(2)39-9-6-4-8-34(39)46-43-28(7-3-5-10-40(43)48)22-42-47(46)45-31-15-11-25-19-29(25)20-26(31)13-18-41(45)49(42)30-14-17-32-36-24-37(36)33-16-12-27-21-35(27)44(33)38(32)23-30/h3-9,12-18,20,22-25,27,29,35H,10-11,19,21H2,1-2H3. The number of hydrogen-bond acceptors (Lipinski definition) is 0. The Morgan fingerprint density at radius 3 is 2.73 bits per heavy atom. The molecule has 8 aliphatic rings. The van der Waals surface area contributed by atoms with Crippen molar-refractivity contribution in [2.24, 2.45) is 23.7 Å². The largest absolute Gasteiger partial charge is 0.309 e. The third-order valence-corrected chi connectivity index (χ3v) is 13.6. The van der Waals surface area contributed by atoms with E-state index in [0.717, 1.165) is 24.2 Å². The van der Waals surface area contributed by atoms with Gasteiger partial charge in [0, 0.05) is 21.9 Å². The summed E-state index contributed by atoms with van der Waals surface area (Å²) < 4.78 is 2.63. The summed E-state index contributed by atoms with van der Waals surface area (Å²) in [4.78, 5) is 0. The quantitative estimate of drug-likeness (QED) is 0.177. The van der Waals surface area contributed by atoms with Gasteiger partial charge in [0.2, 0.25) is 0 Å². The van der Waals surface area contributed by atoms with Crippen molar-refractivity contribution in [2.75, 3.05) is 0 Å². The second kappa shape index (κ2) is 8.45. The molecule has 0 bridgehead atoms. The number of nitrogens with zero attached hydrogens (tertiary/aromatic N) is 1. The molecule has 0 N–H and O–H groups in total. The van der Waals surface area contributed by atoms with Crippen LogP contribution in [0.1, 0.15) is 56.2 Å². The first-order chi connectivity index (χ1) is 24.0. The number of rotatable bonds is 1. The third-order valence-electron chi connectivity index (χ3n) is 13.6. The van der Waals surface area contributed by atoms with E-state index in [-0.39, 0.29) is 5.41 Å². The Kier molecular flexibility index (Phi) is 4.49. The van der Waals surface area contributed by atoms with Crippen LogP contribution >= 0.6 is 0 Å². The molecule has 1 nitrogen and oxygen atoms in total. The molecule has 2 fully saturated rings. The van der Waals surface area contributed by atoms with Gasteiger partial charge in [-0.05, 0) is 145 Å². The van der Waals surface area contributed by atoms with E-state index in [1.54, 1.807) is 11.1 Å². The highest BCUT2D eigenvalue weighted by Crippen LogP contribution is 2.62. The Bertz CT molecular complexity index is 2880. The van der Waals surface area contributed by atoms with Gasteiger partial charge < -0.3 is 4.57 Å². The average Bonchev–Trinajstić information content (AvgIpc) is 3.98. The number of benzene rings is 4. The molecule has 0 saturated heterocycles. The Labute approximate surface area is 286 Å². The van der Waals surface area contributed by atoms with Crippen molar-refractivity contribution in [2.45, 2.75) is 44.9 Å². The van der Waals surface area contributed by atoms with E-state index in [1.165, 1.54) is 113 Å². The maximum absolute atomic E-state index is 2.63. The molecule has 13 rings (SSSR count). The molecule has 4 aromatic carbocycles. The number of aromatic nitrogens is 1. The highest BCUT2D eigenvalue weighted by Gasteiger charge is 2.48. The molecule has 0 aliphatic heterocycles. The second-order valence-electron chi connectivity index (χ2n) is 16.5. The topological polar surface area (TPSA) is 4.93 Å². The maximum atomic E-state index is 2.63. The Hall–Kier alpha value is -4.88. The van der Waals surface area contributed by atoms with Crippen molar-refractivity contribution < 1.29 is 0 Å². The van der Waals surface area contributed by atoms with Crippen molar-refractivity contribution >= 4 is 51.2 Å². The highest BCUT2D eigenvalue weighted by molar-refractivity contribution is 6.17. The molecule has 5 aromatic rings. The van der Waals surface area contributed by atoms with Crippen LogP contribution in [0.5, 0.6) is 0 Å². The van der Waals surface area contributed by atoms with Crippen LogP contribution in [0.25, 0.3) is 68.0 Å². The van der Waals surface area contributed by atoms with Crippen molar-refractivity contribution in [3.8, 4) is 16.8 Å². The lowest BCUT2D eigenvalue weighted by atomic mass is 9.68. The molecule has 1 radical (unpaired) electrons. The molecule has 4 atom stereocenters. The van der Waals surface area contributed by atoms with Gasteiger partial charge in [-0.3, -0.25) is 0 Å². The first-order valence-corrected chi connectivity index (χ1v) is 18.5. The van der Waals surface area contributed by atoms with Gasteiger partial charge in [0.25, 0.3) is 0 Å². The fourth-order valence-electron chi connectivity index (χ4n) is 10.9. The first kappa shape index (κ1) is 26.0. The summed E-state index contributed by atoms with van der Waals surface area (Å²) in [5.74, 6) is 4.40. The van der Waals surface area contributed by atoms with Crippen LogP contribution in [0.15, 0.2) is 102 Å². The summed E-state index contributed by atoms with van der Waals surface area (Å²) in [5.41, 5.74) is 17.2. The van der Waals surface area contributed by atoms with Gasteiger partial charge in [-0.15, -0.1) is 0 Å². The lowest BCUT2D eigenvalue weighted by Gasteiger charge is -2.35. The van der Waals surface area contributed by atoms with Crippen molar-refractivity contribution in [1.82, 2.24) is 4.57 Å². The van der Waals surface area contributed by atoms with E-state index in [0.29, 0.717) is 5.92 Å². The van der Waals surface area contributed by atoms with Crippen LogP contribution < -0.4 is 20.9 Å². The van der Waals surface area contributed by atoms with Gasteiger partial charge in [-0.2, -0.15) is 0 Å². The second-order valence-corrected chi connectivity index (χ2v) is 16.5. The van der Waals surface area contributed by atoms with Crippen molar-refractivity contribution in [1.29, 1.82) is 0 Å².